The minimum Gasteiger partial charge on any atom is -0.150 e. The van der Waals surface area contributed by atoms with Gasteiger partial charge in [0.25, 0.3) is 0 Å². The Kier molecular flexibility index (Phi) is 2.31. The van der Waals surface area contributed by atoms with E-state index in [1.54, 1.807) is 0 Å². The van der Waals surface area contributed by atoms with Gasteiger partial charge in [-0.25, -0.2) is 0 Å². The lowest BCUT2D eigenvalue weighted by Crippen LogP contribution is -2.37. The van der Waals surface area contributed by atoms with Crippen LogP contribution in [0.25, 0.3) is 0 Å². The van der Waals surface area contributed by atoms with Crippen molar-refractivity contribution < 1.29 is 0 Å². The maximum absolute atomic E-state index is 10.5. The molecule has 0 aliphatic heterocycles. The summed E-state index contributed by atoms with van der Waals surface area (Å²) < 4.78 is 0. The van der Waals surface area contributed by atoms with Crippen LogP contribution in [0.15, 0.2) is 5.18 Å². The van der Waals surface area contributed by atoms with Gasteiger partial charge in [-0.1, -0.05) is 38.8 Å². The van der Waals surface area contributed by atoms with Crippen LogP contribution < -0.4 is 0 Å². The molecule has 0 heterocycles. The molecule has 1 aliphatic carbocycles. The molecule has 0 spiro atoms. The van der Waals surface area contributed by atoms with Gasteiger partial charge in [0.15, 0.2) is 0 Å². The topological polar surface area (TPSA) is 29.4 Å². The van der Waals surface area contributed by atoms with Gasteiger partial charge in [0, 0.05) is 0 Å². The molecule has 1 fully saturated rings. The van der Waals surface area contributed by atoms with Gasteiger partial charge < -0.3 is 0 Å². The van der Waals surface area contributed by atoms with Crippen molar-refractivity contribution in [2.24, 2.45) is 16.5 Å². The molecule has 0 N–H and O–H groups in total. The van der Waals surface area contributed by atoms with E-state index in [1.807, 2.05) is 0 Å². The first-order valence-corrected chi connectivity index (χ1v) is 4.41. The maximum atomic E-state index is 10.5. The van der Waals surface area contributed by atoms with Crippen molar-refractivity contribution in [3.8, 4) is 0 Å². The Hall–Kier alpha value is -0.400. The van der Waals surface area contributed by atoms with Crippen molar-refractivity contribution in [3.05, 3.63) is 4.91 Å². The second-order valence-corrected chi connectivity index (χ2v) is 4.27. The Morgan fingerprint density at radius 3 is 2.45 bits per heavy atom. The average Bonchev–Trinajstić information content (AvgIpc) is 1.95. The lowest BCUT2D eigenvalue weighted by Gasteiger charge is -2.39. The van der Waals surface area contributed by atoms with Gasteiger partial charge in [0.05, 0.1) is 6.04 Å². The highest BCUT2D eigenvalue weighted by Gasteiger charge is 2.38. The van der Waals surface area contributed by atoms with Crippen molar-refractivity contribution in [2.45, 2.75) is 46.1 Å². The molecule has 1 rings (SSSR count). The molecule has 0 amide bonds. The summed E-state index contributed by atoms with van der Waals surface area (Å²) in [4.78, 5) is 10.5. The van der Waals surface area contributed by atoms with Gasteiger partial charge in [0.2, 0.25) is 0 Å². The molecular formula is C9H17NO. The molecule has 11 heavy (non-hydrogen) atoms. The predicted molar refractivity (Wildman–Crippen MR) is 46.4 cm³/mol. The summed E-state index contributed by atoms with van der Waals surface area (Å²) in [7, 11) is 0. The van der Waals surface area contributed by atoms with Crippen molar-refractivity contribution in [1.29, 1.82) is 0 Å². The lowest BCUT2D eigenvalue weighted by molar-refractivity contribution is 0.123. The first-order chi connectivity index (χ1) is 5.09. The van der Waals surface area contributed by atoms with Gasteiger partial charge in [-0.3, -0.25) is 0 Å². The van der Waals surface area contributed by atoms with E-state index in [0.717, 1.165) is 6.42 Å². The SMILES string of the molecule is CC1CCCC(N=O)C1(C)C. The van der Waals surface area contributed by atoms with E-state index in [0.29, 0.717) is 5.92 Å². The zero-order valence-electron chi connectivity index (χ0n) is 7.63. The van der Waals surface area contributed by atoms with Gasteiger partial charge in [-0.2, -0.15) is 4.91 Å². The fourth-order valence-corrected chi connectivity index (χ4v) is 1.88. The fraction of sp³-hybridized carbons (Fsp3) is 1.00. The van der Waals surface area contributed by atoms with Crippen LogP contribution in [0.2, 0.25) is 0 Å². The van der Waals surface area contributed by atoms with Crippen LogP contribution in [0, 0.1) is 16.2 Å². The molecule has 2 unspecified atom stereocenters. The second kappa shape index (κ2) is 2.92. The van der Waals surface area contributed by atoms with Crippen molar-refractivity contribution in [1.82, 2.24) is 0 Å². The third-order valence-electron chi connectivity index (χ3n) is 3.37. The van der Waals surface area contributed by atoms with Crippen molar-refractivity contribution in [2.75, 3.05) is 0 Å². The van der Waals surface area contributed by atoms with Gasteiger partial charge in [0.1, 0.15) is 0 Å². The largest absolute Gasteiger partial charge is 0.150 e. The summed E-state index contributed by atoms with van der Waals surface area (Å²) in [6.07, 6.45) is 3.40. The molecule has 0 bridgehead atoms. The van der Waals surface area contributed by atoms with E-state index in [1.165, 1.54) is 12.8 Å². The maximum Gasteiger partial charge on any atom is 0.0973 e. The number of nitroso groups, excluding NO2 is 1. The fourth-order valence-electron chi connectivity index (χ4n) is 1.88. The highest BCUT2D eigenvalue weighted by molar-refractivity contribution is 4.91. The van der Waals surface area contributed by atoms with Gasteiger partial charge in [-0.15, -0.1) is 0 Å². The van der Waals surface area contributed by atoms with E-state index in [2.05, 4.69) is 25.9 Å². The predicted octanol–water partition coefficient (Wildman–Crippen LogP) is 2.97. The minimum atomic E-state index is 0.0475. The summed E-state index contributed by atoms with van der Waals surface area (Å²) in [5, 5.41) is 3.20. The molecule has 2 nitrogen and oxygen atoms in total. The zero-order valence-corrected chi connectivity index (χ0v) is 7.63. The van der Waals surface area contributed by atoms with E-state index in [4.69, 9.17) is 0 Å². The first kappa shape index (κ1) is 8.69. The molecule has 0 saturated heterocycles. The normalized spacial score (nSPS) is 36.6. The molecule has 0 radical (unpaired) electrons. The monoisotopic (exact) mass is 155 g/mol. The Bertz CT molecular complexity index is 154. The van der Waals surface area contributed by atoms with Gasteiger partial charge in [-0.05, 0) is 17.8 Å². The lowest BCUT2D eigenvalue weighted by atomic mass is 9.67. The van der Waals surface area contributed by atoms with Crippen LogP contribution >= 0.6 is 0 Å². The Morgan fingerprint density at radius 1 is 1.36 bits per heavy atom. The standard InChI is InChI=1S/C9H17NO/c1-7-5-4-6-8(10-11)9(7,2)3/h7-8H,4-6H2,1-3H3. The molecule has 1 saturated carbocycles. The average molecular weight is 155 g/mol. The Morgan fingerprint density at radius 2 is 2.00 bits per heavy atom. The van der Waals surface area contributed by atoms with Crippen molar-refractivity contribution >= 4 is 0 Å². The Labute approximate surface area is 68.3 Å². The molecule has 0 aromatic carbocycles. The van der Waals surface area contributed by atoms with Crippen LogP contribution in [-0.4, -0.2) is 6.04 Å². The van der Waals surface area contributed by atoms with Crippen LogP contribution in [0.4, 0.5) is 0 Å². The zero-order chi connectivity index (χ0) is 8.48. The third-order valence-corrected chi connectivity index (χ3v) is 3.37. The van der Waals surface area contributed by atoms with E-state index < -0.39 is 0 Å². The van der Waals surface area contributed by atoms with Crippen LogP contribution in [0.1, 0.15) is 40.0 Å². The highest BCUT2D eigenvalue weighted by Crippen LogP contribution is 2.41. The first-order valence-electron chi connectivity index (χ1n) is 4.41. The quantitative estimate of drug-likeness (QED) is 0.535. The molecule has 2 atom stereocenters. The second-order valence-electron chi connectivity index (χ2n) is 4.27. The van der Waals surface area contributed by atoms with Crippen LogP contribution in [-0.2, 0) is 0 Å². The number of hydrogen-bond donors (Lipinski definition) is 0. The van der Waals surface area contributed by atoms with E-state index >= 15 is 0 Å². The summed E-state index contributed by atoms with van der Waals surface area (Å²) in [6.45, 7) is 6.53. The molecule has 0 aromatic rings. The van der Waals surface area contributed by atoms with Gasteiger partial charge >= 0.3 is 0 Å². The summed E-state index contributed by atoms with van der Waals surface area (Å²) in [5.41, 5.74) is 0.125. The molecule has 64 valence electrons. The minimum absolute atomic E-state index is 0.0475. The molecule has 1 aliphatic rings. The Balaban J connectivity index is 2.72. The summed E-state index contributed by atoms with van der Waals surface area (Å²) in [6, 6.07) is 0.0475. The summed E-state index contributed by atoms with van der Waals surface area (Å²) >= 11 is 0. The number of nitrogens with zero attached hydrogens (tertiary/aromatic N) is 1. The van der Waals surface area contributed by atoms with E-state index in [-0.39, 0.29) is 11.5 Å². The molecule has 0 aromatic heterocycles. The molecular weight excluding hydrogens is 138 g/mol. The van der Waals surface area contributed by atoms with Crippen molar-refractivity contribution in [3.63, 3.8) is 0 Å². The third kappa shape index (κ3) is 1.44. The van der Waals surface area contributed by atoms with E-state index in [9.17, 15) is 4.91 Å². The number of rotatable bonds is 1. The smallest absolute Gasteiger partial charge is 0.0973 e. The van der Waals surface area contributed by atoms with Crippen LogP contribution in [0.3, 0.4) is 0 Å². The van der Waals surface area contributed by atoms with Crippen LogP contribution in [0.5, 0.6) is 0 Å². The number of hydrogen-bond acceptors (Lipinski definition) is 2. The molecule has 2 heteroatoms. The highest BCUT2D eigenvalue weighted by atomic mass is 16.3. The summed E-state index contributed by atoms with van der Waals surface area (Å²) in [5.74, 6) is 0.638.